The molecule has 25 heavy (non-hydrogen) atoms. The summed E-state index contributed by atoms with van der Waals surface area (Å²) in [6, 6.07) is -0.000267. The van der Waals surface area contributed by atoms with Crippen LogP contribution in [0.5, 0.6) is 0 Å². The Morgan fingerprint density at radius 2 is 1.72 bits per heavy atom. The van der Waals surface area contributed by atoms with Crippen molar-refractivity contribution in [3.63, 3.8) is 0 Å². The van der Waals surface area contributed by atoms with Crippen LogP contribution in [0.4, 0.5) is 4.79 Å². The average Bonchev–Trinajstić information content (AvgIpc) is 2.55. The number of carbonyl (C=O) groups excluding carboxylic acids is 3. The SMILES string of the molecule is COCCN1CCN(C2CCN(C(=O)OC(C)(C)C)CC2)C(=O)C1=O. The second-order valence-electron chi connectivity index (χ2n) is 7.48. The van der Waals surface area contributed by atoms with Gasteiger partial charge in [-0.2, -0.15) is 0 Å². The van der Waals surface area contributed by atoms with Gasteiger partial charge in [-0.1, -0.05) is 0 Å². The molecule has 2 fully saturated rings. The molecule has 0 N–H and O–H groups in total. The van der Waals surface area contributed by atoms with Crippen molar-refractivity contribution in [2.45, 2.75) is 45.3 Å². The molecule has 142 valence electrons. The number of likely N-dealkylation sites (tertiary alicyclic amines) is 1. The van der Waals surface area contributed by atoms with E-state index >= 15 is 0 Å². The molecule has 0 atom stereocenters. The van der Waals surface area contributed by atoms with Crippen LogP contribution in [0.1, 0.15) is 33.6 Å². The lowest BCUT2D eigenvalue weighted by Crippen LogP contribution is -2.59. The molecule has 2 rings (SSSR count). The van der Waals surface area contributed by atoms with Crippen LogP contribution < -0.4 is 0 Å². The largest absolute Gasteiger partial charge is 0.444 e. The average molecular weight is 355 g/mol. The zero-order valence-electron chi connectivity index (χ0n) is 15.6. The van der Waals surface area contributed by atoms with Crippen molar-refractivity contribution in [2.75, 3.05) is 46.4 Å². The minimum Gasteiger partial charge on any atom is -0.444 e. The molecular weight excluding hydrogens is 326 g/mol. The molecule has 0 saturated carbocycles. The van der Waals surface area contributed by atoms with Gasteiger partial charge < -0.3 is 24.2 Å². The maximum absolute atomic E-state index is 12.4. The smallest absolute Gasteiger partial charge is 0.410 e. The highest BCUT2D eigenvalue weighted by Crippen LogP contribution is 2.21. The molecule has 0 unspecified atom stereocenters. The van der Waals surface area contributed by atoms with Gasteiger partial charge in [0.05, 0.1) is 6.61 Å². The molecule has 2 heterocycles. The fraction of sp³-hybridized carbons (Fsp3) is 0.824. The first-order valence-corrected chi connectivity index (χ1v) is 8.79. The fourth-order valence-electron chi connectivity index (χ4n) is 3.14. The Morgan fingerprint density at radius 3 is 2.28 bits per heavy atom. The van der Waals surface area contributed by atoms with E-state index in [0.29, 0.717) is 52.2 Å². The molecule has 3 amide bonds. The lowest BCUT2D eigenvalue weighted by molar-refractivity contribution is -0.158. The summed E-state index contributed by atoms with van der Waals surface area (Å²) < 4.78 is 10.4. The topological polar surface area (TPSA) is 79.4 Å². The quantitative estimate of drug-likeness (QED) is 0.694. The van der Waals surface area contributed by atoms with Gasteiger partial charge in [-0.15, -0.1) is 0 Å². The Kier molecular flexibility index (Phi) is 6.26. The van der Waals surface area contributed by atoms with E-state index in [0.717, 1.165) is 0 Å². The molecule has 0 radical (unpaired) electrons. The second-order valence-corrected chi connectivity index (χ2v) is 7.48. The van der Waals surface area contributed by atoms with E-state index in [4.69, 9.17) is 9.47 Å². The molecule has 2 aliphatic heterocycles. The fourth-order valence-corrected chi connectivity index (χ4v) is 3.14. The molecule has 0 aliphatic carbocycles. The summed E-state index contributed by atoms with van der Waals surface area (Å²) >= 11 is 0. The summed E-state index contributed by atoms with van der Waals surface area (Å²) in [7, 11) is 1.57. The summed E-state index contributed by atoms with van der Waals surface area (Å²) in [6.07, 6.45) is 1.00. The van der Waals surface area contributed by atoms with Crippen molar-refractivity contribution in [3.05, 3.63) is 0 Å². The Balaban J connectivity index is 1.86. The number of nitrogens with zero attached hydrogens (tertiary/aromatic N) is 3. The van der Waals surface area contributed by atoms with E-state index in [1.54, 1.807) is 16.9 Å². The van der Waals surface area contributed by atoms with Crippen LogP contribution in [-0.2, 0) is 19.1 Å². The molecule has 2 aliphatic rings. The molecule has 0 aromatic heterocycles. The van der Waals surface area contributed by atoms with E-state index in [9.17, 15) is 14.4 Å². The first-order valence-electron chi connectivity index (χ1n) is 8.79. The highest BCUT2D eigenvalue weighted by Gasteiger charge is 2.38. The Labute approximate surface area is 149 Å². The summed E-state index contributed by atoms with van der Waals surface area (Å²) in [5.74, 6) is -0.907. The Bertz CT molecular complexity index is 509. The summed E-state index contributed by atoms with van der Waals surface area (Å²) in [6.45, 7) is 8.50. The first kappa shape index (κ1) is 19.5. The lowest BCUT2D eigenvalue weighted by Gasteiger charge is -2.42. The number of ether oxygens (including phenoxy) is 2. The van der Waals surface area contributed by atoms with Crippen LogP contribution >= 0.6 is 0 Å². The van der Waals surface area contributed by atoms with Gasteiger partial charge in [-0.05, 0) is 33.6 Å². The van der Waals surface area contributed by atoms with Gasteiger partial charge >= 0.3 is 17.9 Å². The van der Waals surface area contributed by atoms with Gasteiger partial charge in [-0.25, -0.2) is 4.79 Å². The van der Waals surface area contributed by atoms with E-state index in [-0.39, 0.29) is 12.1 Å². The van der Waals surface area contributed by atoms with Gasteiger partial charge in [0.2, 0.25) is 0 Å². The number of amides is 3. The molecule has 2 saturated heterocycles. The summed E-state index contributed by atoms with van der Waals surface area (Å²) in [5.41, 5.74) is -0.519. The Morgan fingerprint density at radius 1 is 1.08 bits per heavy atom. The lowest BCUT2D eigenvalue weighted by atomic mass is 10.0. The molecule has 0 aromatic rings. The second kappa shape index (κ2) is 8.03. The minimum atomic E-state index is -0.519. The number of methoxy groups -OCH3 is 1. The van der Waals surface area contributed by atoms with Crippen LogP contribution in [0, 0.1) is 0 Å². The number of hydrogen-bond donors (Lipinski definition) is 0. The van der Waals surface area contributed by atoms with E-state index in [1.165, 1.54) is 4.90 Å². The van der Waals surface area contributed by atoms with Crippen molar-refractivity contribution < 1.29 is 23.9 Å². The standard InChI is InChI=1S/C17H29N3O5/c1-17(2,3)25-16(23)19-7-5-13(6-8-19)20-10-9-18(11-12-24-4)14(21)15(20)22/h13H,5-12H2,1-4H3. The van der Waals surface area contributed by atoms with Gasteiger partial charge in [-0.3, -0.25) is 9.59 Å². The van der Waals surface area contributed by atoms with Crippen LogP contribution in [-0.4, -0.2) is 90.7 Å². The predicted molar refractivity (Wildman–Crippen MR) is 91.0 cm³/mol. The zero-order valence-corrected chi connectivity index (χ0v) is 15.6. The third-order valence-electron chi connectivity index (χ3n) is 4.46. The van der Waals surface area contributed by atoms with Crippen molar-refractivity contribution in [1.29, 1.82) is 0 Å². The summed E-state index contributed by atoms with van der Waals surface area (Å²) in [4.78, 5) is 41.6. The van der Waals surface area contributed by atoms with E-state index in [2.05, 4.69) is 0 Å². The van der Waals surface area contributed by atoms with Crippen molar-refractivity contribution in [3.8, 4) is 0 Å². The van der Waals surface area contributed by atoms with Crippen LogP contribution in [0.25, 0.3) is 0 Å². The molecule has 8 heteroatoms. The zero-order chi connectivity index (χ0) is 18.6. The molecular formula is C17H29N3O5. The number of piperidine rings is 1. The molecule has 0 aromatic carbocycles. The monoisotopic (exact) mass is 355 g/mol. The predicted octanol–water partition coefficient (Wildman–Crippen LogP) is 0.703. The van der Waals surface area contributed by atoms with Gasteiger partial charge in [0.1, 0.15) is 5.60 Å². The number of piperazine rings is 1. The molecule has 0 bridgehead atoms. The van der Waals surface area contributed by atoms with Crippen LogP contribution in [0.15, 0.2) is 0 Å². The highest BCUT2D eigenvalue weighted by molar-refractivity contribution is 6.35. The Hall–Kier alpha value is -1.83. The third-order valence-corrected chi connectivity index (χ3v) is 4.46. The molecule has 0 spiro atoms. The normalized spacial score (nSPS) is 20.2. The maximum Gasteiger partial charge on any atom is 0.410 e. The van der Waals surface area contributed by atoms with Crippen LogP contribution in [0.3, 0.4) is 0 Å². The van der Waals surface area contributed by atoms with E-state index in [1.807, 2.05) is 20.8 Å². The van der Waals surface area contributed by atoms with Gasteiger partial charge in [0.25, 0.3) is 0 Å². The van der Waals surface area contributed by atoms with Gasteiger partial charge in [0.15, 0.2) is 0 Å². The third kappa shape index (κ3) is 5.07. The van der Waals surface area contributed by atoms with Crippen molar-refractivity contribution in [2.24, 2.45) is 0 Å². The highest BCUT2D eigenvalue weighted by atomic mass is 16.6. The van der Waals surface area contributed by atoms with Gasteiger partial charge in [0, 0.05) is 45.9 Å². The van der Waals surface area contributed by atoms with Crippen LogP contribution in [0.2, 0.25) is 0 Å². The van der Waals surface area contributed by atoms with Crippen molar-refractivity contribution >= 4 is 17.9 Å². The van der Waals surface area contributed by atoms with Crippen molar-refractivity contribution in [1.82, 2.24) is 14.7 Å². The van der Waals surface area contributed by atoms with E-state index < -0.39 is 17.4 Å². The number of rotatable bonds is 4. The molecule has 8 nitrogen and oxygen atoms in total. The summed E-state index contributed by atoms with van der Waals surface area (Å²) in [5, 5.41) is 0. The maximum atomic E-state index is 12.4. The number of carbonyl (C=O) groups is 3. The number of hydrogen-bond acceptors (Lipinski definition) is 5. The first-order chi connectivity index (χ1) is 11.7. The minimum absolute atomic E-state index is 0.000267.